The lowest BCUT2D eigenvalue weighted by Crippen LogP contribution is -2.45. The van der Waals surface area contributed by atoms with E-state index in [0.717, 1.165) is 5.56 Å². The quantitative estimate of drug-likeness (QED) is 0.607. The van der Waals surface area contributed by atoms with Crippen molar-refractivity contribution >= 4 is 39.4 Å². The lowest BCUT2D eigenvalue weighted by atomic mass is 10.1. The number of amides is 1. The zero-order chi connectivity index (χ0) is 19.9. The highest BCUT2D eigenvalue weighted by molar-refractivity contribution is 9.10. The fourth-order valence-electron chi connectivity index (χ4n) is 3.25. The predicted octanol–water partition coefficient (Wildman–Crippen LogP) is 3.42. The summed E-state index contributed by atoms with van der Waals surface area (Å²) < 4.78 is 1.69. The van der Waals surface area contributed by atoms with Gasteiger partial charge in [0.25, 0.3) is 5.91 Å². The van der Waals surface area contributed by atoms with Crippen molar-refractivity contribution in [2.45, 2.75) is 17.9 Å². The maximum atomic E-state index is 13.0. The van der Waals surface area contributed by atoms with Crippen LogP contribution in [-0.4, -0.2) is 37.3 Å². The molecule has 1 aromatic carbocycles. The molecule has 28 heavy (non-hydrogen) atoms. The minimum atomic E-state index is -1.35. The van der Waals surface area contributed by atoms with Crippen LogP contribution < -0.4 is 5.32 Å². The number of carboxylic acid groups (broad SMARTS) is 1. The smallest absolute Gasteiger partial charge is 0.330 e. The second kappa shape index (κ2) is 7.03. The van der Waals surface area contributed by atoms with Crippen molar-refractivity contribution in [1.82, 2.24) is 20.1 Å². The summed E-state index contributed by atoms with van der Waals surface area (Å²) in [6.07, 6.45) is 1.85. The number of nitrogens with one attached hydrogen (secondary N) is 1. The van der Waals surface area contributed by atoms with Crippen molar-refractivity contribution in [3.63, 3.8) is 0 Å². The molecule has 1 aliphatic carbocycles. The Hall–Kier alpha value is -2.71. The topological polar surface area (TPSA) is 97.1 Å². The fourth-order valence-corrected chi connectivity index (χ4v) is 3.83. The van der Waals surface area contributed by atoms with Gasteiger partial charge in [-0.3, -0.25) is 4.79 Å². The van der Waals surface area contributed by atoms with E-state index in [-0.39, 0.29) is 17.4 Å². The second-order valence-electron chi connectivity index (χ2n) is 6.47. The number of halogens is 2. The molecule has 2 heterocycles. The molecular weight excluding hydrogens is 448 g/mol. The van der Waals surface area contributed by atoms with Gasteiger partial charge in [0.15, 0.2) is 5.82 Å². The van der Waals surface area contributed by atoms with Crippen LogP contribution >= 0.6 is 27.5 Å². The average Bonchev–Trinajstić information content (AvgIpc) is 3.29. The van der Waals surface area contributed by atoms with Gasteiger partial charge in [0, 0.05) is 18.2 Å². The molecule has 0 saturated heterocycles. The van der Waals surface area contributed by atoms with Crippen LogP contribution in [0.1, 0.15) is 28.4 Å². The van der Waals surface area contributed by atoms with Gasteiger partial charge in [-0.1, -0.05) is 41.9 Å². The molecule has 1 amide bonds. The summed E-state index contributed by atoms with van der Waals surface area (Å²) in [6.45, 7) is 0. The number of carbonyl (C=O) groups excluding carboxylic acids is 1. The van der Waals surface area contributed by atoms with Crippen LogP contribution in [0.4, 0.5) is 0 Å². The van der Waals surface area contributed by atoms with Gasteiger partial charge in [-0.05, 0) is 40.0 Å². The number of hydrogen-bond acceptors (Lipinski definition) is 4. The van der Waals surface area contributed by atoms with Gasteiger partial charge in [-0.15, -0.1) is 0 Å². The number of carboxylic acids is 1. The van der Waals surface area contributed by atoms with Crippen molar-refractivity contribution in [1.29, 1.82) is 0 Å². The lowest BCUT2D eigenvalue weighted by Gasteiger charge is -2.16. The Labute approximate surface area is 173 Å². The van der Waals surface area contributed by atoms with Crippen molar-refractivity contribution in [2.75, 3.05) is 0 Å². The number of benzene rings is 1. The average molecular weight is 462 g/mol. The minimum Gasteiger partial charge on any atom is -0.479 e. The van der Waals surface area contributed by atoms with Crippen LogP contribution in [0.15, 0.2) is 59.3 Å². The first-order valence-corrected chi connectivity index (χ1v) is 9.57. The Kier molecular flexibility index (Phi) is 4.68. The molecule has 2 atom stereocenters. The summed E-state index contributed by atoms with van der Waals surface area (Å²) >= 11 is 9.43. The lowest BCUT2D eigenvalue weighted by molar-refractivity contribution is -0.140. The first-order chi connectivity index (χ1) is 13.4. The second-order valence-corrected chi connectivity index (χ2v) is 7.69. The number of carbonyl (C=O) groups is 2. The molecule has 3 aromatic rings. The Morgan fingerprint density at radius 2 is 2.00 bits per heavy atom. The molecule has 2 N–H and O–H groups in total. The Morgan fingerprint density at radius 3 is 2.68 bits per heavy atom. The van der Waals surface area contributed by atoms with E-state index < -0.39 is 17.4 Å². The van der Waals surface area contributed by atoms with Crippen molar-refractivity contribution < 1.29 is 14.7 Å². The minimum absolute atomic E-state index is 0.131. The highest BCUT2D eigenvalue weighted by Gasteiger charge is 2.62. The predicted molar refractivity (Wildman–Crippen MR) is 106 cm³/mol. The number of rotatable bonds is 5. The number of aromatic nitrogens is 3. The van der Waals surface area contributed by atoms with Crippen LogP contribution in [0, 0.1) is 0 Å². The van der Waals surface area contributed by atoms with Gasteiger partial charge >= 0.3 is 5.97 Å². The Bertz CT molecular complexity index is 1070. The van der Waals surface area contributed by atoms with E-state index in [1.54, 1.807) is 12.1 Å². The third-order valence-corrected chi connectivity index (χ3v) is 5.42. The van der Waals surface area contributed by atoms with E-state index >= 15 is 0 Å². The van der Waals surface area contributed by atoms with E-state index in [9.17, 15) is 14.7 Å². The van der Waals surface area contributed by atoms with E-state index in [4.69, 9.17) is 11.6 Å². The summed E-state index contributed by atoms with van der Waals surface area (Å²) in [6, 6.07) is 14.1. The molecule has 0 spiro atoms. The summed E-state index contributed by atoms with van der Waals surface area (Å²) in [5.41, 5.74) is -0.354. The third kappa shape index (κ3) is 3.18. The van der Waals surface area contributed by atoms with Gasteiger partial charge in [0.2, 0.25) is 0 Å². The van der Waals surface area contributed by atoms with Crippen LogP contribution in [0.3, 0.4) is 0 Å². The van der Waals surface area contributed by atoms with Crippen LogP contribution in [-0.2, 0) is 4.79 Å². The molecule has 1 aliphatic rings. The summed E-state index contributed by atoms with van der Waals surface area (Å²) in [7, 11) is 0. The molecule has 1 fully saturated rings. The molecule has 7 nitrogen and oxygen atoms in total. The van der Waals surface area contributed by atoms with Gasteiger partial charge < -0.3 is 10.4 Å². The summed E-state index contributed by atoms with van der Waals surface area (Å²) in [5, 5.41) is 17.0. The fraction of sp³-hybridized carbons (Fsp3) is 0.158. The molecule has 2 aromatic heterocycles. The molecule has 0 radical (unpaired) electrons. The van der Waals surface area contributed by atoms with Crippen molar-refractivity contribution in [2.24, 2.45) is 0 Å². The van der Waals surface area contributed by atoms with Gasteiger partial charge in [0.05, 0.1) is 5.02 Å². The number of aliphatic carboxylic acids is 1. The number of nitrogens with zero attached hydrogens (tertiary/aromatic N) is 3. The zero-order valence-corrected chi connectivity index (χ0v) is 16.7. The normalized spacial score (nSPS) is 20.6. The highest BCUT2D eigenvalue weighted by Crippen LogP contribution is 2.51. The molecule has 4 rings (SSSR count). The summed E-state index contributed by atoms with van der Waals surface area (Å²) in [5.74, 6) is -1.66. The van der Waals surface area contributed by atoms with E-state index in [0.29, 0.717) is 16.0 Å². The number of hydrogen-bond donors (Lipinski definition) is 2. The number of pyridine rings is 1. The van der Waals surface area contributed by atoms with Crippen molar-refractivity contribution in [3.05, 3.63) is 75.6 Å². The van der Waals surface area contributed by atoms with Gasteiger partial charge in [-0.2, -0.15) is 5.10 Å². The van der Waals surface area contributed by atoms with E-state index in [1.807, 2.05) is 30.3 Å². The van der Waals surface area contributed by atoms with E-state index in [1.165, 1.54) is 16.9 Å². The first kappa shape index (κ1) is 18.6. The van der Waals surface area contributed by atoms with Crippen LogP contribution in [0.5, 0.6) is 0 Å². The Balaban J connectivity index is 1.66. The van der Waals surface area contributed by atoms with Crippen LogP contribution in [0.25, 0.3) is 5.82 Å². The summed E-state index contributed by atoms with van der Waals surface area (Å²) in [4.78, 5) is 29.1. The maximum Gasteiger partial charge on any atom is 0.330 e. The standard InChI is InChI=1S/C19H14BrClN4O3/c20-15-9-14(25(24-15)16-13(21)7-4-8-22-16)17(26)23-19(18(27)28)10-12(19)11-5-2-1-3-6-11/h1-9,12H,10H2,(H,23,26)(H,27,28). The first-order valence-electron chi connectivity index (χ1n) is 8.39. The highest BCUT2D eigenvalue weighted by atomic mass is 79.9. The monoisotopic (exact) mass is 460 g/mol. The molecule has 9 heteroatoms. The zero-order valence-electron chi connectivity index (χ0n) is 14.3. The molecule has 2 unspecified atom stereocenters. The molecular formula is C19H14BrClN4O3. The van der Waals surface area contributed by atoms with E-state index in [2.05, 4.69) is 31.3 Å². The Morgan fingerprint density at radius 1 is 1.25 bits per heavy atom. The SMILES string of the molecule is O=C(NC1(C(=O)O)CC1c1ccccc1)c1cc(Br)nn1-c1ncccc1Cl. The maximum absolute atomic E-state index is 13.0. The molecule has 0 bridgehead atoms. The van der Waals surface area contributed by atoms with Gasteiger partial charge in [0.1, 0.15) is 15.8 Å². The third-order valence-electron chi connectivity index (χ3n) is 4.73. The molecule has 0 aliphatic heterocycles. The molecule has 1 saturated carbocycles. The largest absolute Gasteiger partial charge is 0.479 e. The van der Waals surface area contributed by atoms with Gasteiger partial charge in [-0.25, -0.2) is 14.5 Å². The molecule has 142 valence electrons. The van der Waals surface area contributed by atoms with Crippen molar-refractivity contribution in [3.8, 4) is 5.82 Å². The van der Waals surface area contributed by atoms with Crippen LogP contribution in [0.2, 0.25) is 5.02 Å².